The van der Waals surface area contributed by atoms with Crippen molar-refractivity contribution in [2.24, 2.45) is 0 Å². The number of amides is 1. The third-order valence-electron chi connectivity index (χ3n) is 6.19. The first kappa shape index (κ1) is 24.5. The molecule has 1 amide bonds. The minimum absolute atomic E-state index is 0.00224. The Hall–Kier alpha value is -2.60. The zero-order valence-electron chi connectivity index (χ0n) is 19.3. The van der Waals surface area contributed by atoms with Crippen LogP contribution in [0.5, 0.6) is 0 Å². The molecular weight excluding hydrogens is 472 g/mol. The van der Waals surface area contributed by atoms with Gasteiger partial charge in [0.15, 0.2) is 0 Å². The molecule has 3 aromatic carbocycles. The van der Waals surface area contributed by atoms with Crippen molar-refractivity contribution in [1.29, 1.82) is 0 Å². The van der Waals surface area contributed by atoms with Crippen LogP contribution in [0, 0.1) is 12.7 Å². The maximum absolute atomic E-state index is 13.8. The number of nitrogens with zero attached hydrogens (tertiary/aromatic N) is 3. The van der Waals surface area contributed by atoms with Gasteiger partial charge >= 0.3 is 0 Å². The van der Waals surface area contributed by atoms with Crippen molar-refractivity contribution in [2.45, 2.75) is 26.1 Å². The van der Waals surface area contributed by atoms with Crippen molar-refractivity contribution in [1.82, 2.24) is 9.80 Å². The zero-order valence-corrected chi connectivity index (χ0v) is 20.9. The Labute approximate surface area is 210 Å². The average molecular weight is 500 g/mol. The number of hydrogen-bond donors (Lipinski definition) is 0. The van der Waals surface area contributed by atoms with Crippen LogP contribution in [0.1, 0.15) is 16.7 Å². The first-order valence-electron chi connectivity index (χ1n) is 11.3. The number of aryl methyl sites for hydroxylation is 1. The fourth-order valence-corrected chi connectivity index (χ4v) is 5.15. The van der Waals surface area contributed by atoms with Gasteiger partial charge in [-0.2, -0.15) is 0 Å². The van der Waals surface area contributed by atoms with Crippen LogP contribution in [0.3, 0.4) is 0 Å². The molecule has 1 atom stereocenters. The molecule has 0 aliphatic carbocycles. The van der Waals surface area contributed by atoms with E-state index in [2.05, 4.69) is 21.9 Å². The monoisotopic (exact) mass is 499 g/mol. The standard InChI is InChI=1S/C27H28Cl2FN3O/c1-19-12-24(30)8-9-25(19)33-11-10-32(17-20-6-4-3-5-7-20)18-26(33)27(34)31(2)16-21-13-22(28)15-23(29)14-21/h3-9,12-15,26H,10-11,16-18H2,1-2H3. The van der Waals surface area contributed by atoms with E-state index in [-0.39, 0.29) is 11.7 Å². The smallest absolute Gasteiger partial charge is 0.246 e. The Kier molecular flexibility index (Phi) is 7.77. The Balaban J connectivity index is 1.58. The van der Waals surface area contributed by atoms with Crippen LogP contribution in [0.2, 0.25) is 10.0 Å². The summed E-state index contributed by atoms with van der Waals surface area (Å²) in [7, 11) is 1.79. The van der Waals surface area contributed by atoms with E-state index in [0.717, 1.165) is 29.9 Å². The van der Waals surface area contributed by atoms with E-state index in [4.69, 9.17) is 23.2 Å². The number of hydrogen-bond acceptors (Lipinski definition) is 3. The topological polar surface area (TPSA) is 26.8 Å². The van der Waals surface area contributed by atoms with Crippen molar-refractivity contribution < 1.29 is 9.18 Å². The van der Waals surface area contributed by atoms with Crippen molar-refractivity contribution in [3.05, 3.63) is 99.3 Å². The molecule has 0 aromatic heterocycles. The van der Waals surface area contributed by atoms with Crippen molar-refractivity contribution in [3.63, 3.8) is 0 Å². The molecule has 0 spiro atoms. The first-order valence-corrected chi connectivity index (χ1v) is 12.0. The van der Waals surface area contributed by atoms with Gasteiger partial charge in [0.25, 0.3) is 0 Å². The summed E-state index contributed by atoms with van der Waals surface area (Å²) in [5.41, 5.74) is 3.79. The lowest BCUT2D eigenvalue weighted by atomic mass is 10.0. The van der Waals surface area contributed by atoms with E-state index in [9.17, 15) is 9.18 Å². The molecule has 34 heavy (non-hydrogen) atoms. The lowest BCUT2D eigenvalue weighted by molar-refractivity contribution is -0.132. The Morgan fingerprint density at radius 3 is 2.38 bits per heavy atom. The molecule has 1 heterocycles. The summed E-state index contributed by atoms with van der Waals surface area (Å²) < 4.78 is 13.8. The van der Waals surface area contributed by atoms with Gasteiger partial charge in [0.1, 0.15) is 11.9 Å². The molecule has 0 radical (unpaired) electrons. The van der Waals surface area contributed by atoms with E-state index < -0.39 is 6.04 Å². The molecule has 1 saturated heterocycles. The first-order chi connectivity index (χ1) is 16.3. The third-order valence-corrected chi connectivity index (χ3v) is 6.62. The number of carbonyl (C=O) groups is 1. The Morgan fingerprint density at radius 2 is 1.71 bits per heavy atom. The molecule has 7 heteroatoms. The van der Waals surface area contributed by atoms with Gasteiger partial charge < -0.3 is 9.80 Å². The second kappa shape index (κ2) is 10.8. The predicted octanol–water partition coefficient (Wildman–Crippen LogP) is 5.79. The minimum atomic E-state index is -0.402. The largest absolute Gasteiger partial charge is 0.357 e. The summed E-state index contributed by atoms with van der Waals surface area (Å²) in [6, 6.07) is 19.9. The summed E-state index contributed by atoms with van der Waals surface area (Å²) in [6.07, 6.45) is 0. The summed E-state index contributed by atoms with van der Waals surface area (Å²) in [6.45, 7) is 5.10. The quantitative estimate of drug-likeness (QED) is 0.429. The number of rotatable bonds is 6. The normalized spacial score (nSPS) is 16.5. The number of carbonyl (C=O) groups excluding carboxylic acids is 1. The van der Waals surface area contributed by atoms with Gasteiger partial charge in [-0.1, -0.05) is 53.5 Å². The third kappa shape index (κ3) is 5.90. The molecule has 1 unspecified atom stereocenters. The summed E-state index contributed by atoms with van der Waals surface area (Å²) in [5, 5.41) is 1.08. The van der Waals surface area contributed by atoms with Crippen LogP contribution in [-0.2, 0) is 17.9 Å². The molecule has 0 N–H and O–H groups in total. The molecule has 0 bridgehead atoms. The van der Waals surface area contributed by atoms with Crippen LogP contribution in [0.4, 0.5) is 10.1 Å². The lowest BCUT2D eigenvalue weighted by Crippen LogP contribution is -2.59. The van der Waals surface area contributed by atoms with E-state index >= 15 is 0 Å². The second-order valence-electron chi connectivity index (χ2n) is 8.83. The van der Waals surface area contributed by atoms with E-state index in [1.807, 2.05) is 37.3 Å². The fourth-order valence-electron chi connectivity index (χ4n) is 4.57. The van der Waals surface area contributed by atoms with Gasteiger partial charge in [0.2, 0.25) is 5.91 Å². The number of likely N-dealkylation sites (N-methyl/N-ethyl adjacent to an activating group) is 1. The highest BCUT2D eigenvalue weighted by Crippen LogP contribution is 2.27. The number of halogens is 3. The minimum Gasteiger partial charge on any atom is -0.357 e. The van der Waals surface area contributed by atoms with Crippen molar-refractivity contribution in [3.8, 4) is 0 Å². The van der Waals surface area contributed by atoms with Crippen molar-refractivity contribution >= 4 is 34.8 Å². The van der Waals surface area contributed by atoms with E-state index in [1.165, 1.54) is 17.7 Å². The molecule has 1 fully saturated rings. The van der Waals surface area contributed by atoms with Crippen LogP contribution < -0.4 is 4.90 Å². The van der Waals surface area contributed by atoms with Gasteiger partial charge in [-0.15, -0.1) is 0 Å². The second-order valence-corrected chi connectivity index (χ2v) is 9.71. The molecule has 1 aliphatic rings. The van der Waals surface area contributed by atoms with Gasteiger partial charge in [-0.3, -0.25) is 9.69 Å². The van der Waals surface area contributed by atoms with Crippen LogP contribution in [-0.4, -0.2) is 48.4 Å². The maximum atomic E-state index is 13.8. The molecule has 4 nitrogen and oxygen atoms in total. The van der Waals surface area contributed by atoms with Crippen LogP contribution in [0.15, 0.2) is 66.7 Å². The van der Waals surface area contributed by atoms with E-state index in [0.29, 0.717) is 29.7 Å². The van der Waals surface area contributed by atoms with Gasteiger partial charge in [0, 0.05) is 55.5 Å². The molecular formula is C27H28Cl2FN3O. The van der Waals surface area contributed by atoms with Crippen LogP contribution in [0.25, 0.3) is 0 Å². The van der Waals surface area contributed by atoms with Gasteiger partial charge in [-0.25, -0.2) is 4.39 Å². The zero-order chi connectivity index (χ0) is 24.2. The SMILES string of the molecule is Cc1cc(F)ccc1N1CCN(Cc2ccccc2)CC1C(=O)N(C)Cc1cc(Cl)cc(Cl)c1. The summed E-state index contributed by atoms with van der Waals surface area (Å²) in [5.74, 6) is -0.278. The molecule has 0 saturated carbocycles. The van der Waals surface area contributed by atoms with Gasteiger partial charge in [0.05, 0.1) is 0 Å². The number of piperazine rings is 1. The Morgan fingerprint density at radius 1 is 1.00 bits per heavy atom. The molecule has 1 aliphatic heterocycles. The van der Waals surface area contributed by atoms with Crippen LogP contribution >= 0.6 is 23.2 Å². The highest BCUT2D eigenvalue weighted by molar-refractivity contribution is 6.34. The number of anilines is 1. The highest BCUT2D eigenvalue weighted by Gasteiger charge is 2.35. The average Bonchev–Trinajstić information content (AvgIpc) is 2.79. The lowest BCUT2D eigenvalue weighted by Gasteiger charge is -2.43. The molecule has 178 valence electrons. The van der Waals surface area contributed by atoms with Crippen molar-refractivity contribution in [2.75, 3.05) is 31.6 Å². The fraction of sp³-hybridized carbons (Fsp3) is 0.296. The summed E-state index contributed by atoms with van der Waals surface area (Å²) >= 11 is 12.3. The Bertz CT molecular complexity index is 1140. The predicted molar refractivity (Wildman–Crippen MR) is 137 cm³/mol. The molecule has 4 rings (SSSR count). The van der Waals surface area contributed by atoms with E-state index in [1.54, 1.807) is 24.1 Å². The highest BCUT2D eigenvalue weighted by atomic mass is 35.5. The van der Waals surface area contributed by atoms with Gasteiger partial charge in [-0.05, 0) is 60.0 Å². The summed E-state index contributed by atoms with van der Waals surface area (Å²) in [4.78, 5) is 19.9. The molecule has 3 aromatic rings. The number of benzene rings is 3. The maximum Gasteiger partial charge on any atom is 0.246 e.